The van der Waals surface area contributed by atoms with Crippen LogP contribution in [-0.4, -0.2) is 54.2 Å². The van der Waals surface area contributed by atoms with Crippen LogP contribution in [0.3, 0.4) is 0 Å². The fourth-order valence-corrected chi connectivity index (χ4v) is 2.27. The molecule has 0 spiro atoms. The zero-order valence-electron chi connectivity index (χ0n) is 15.9. The highest BCUT2D eigenvalue weighted by Crippen LogP contribution is 2.17. The molecule has 0 radical (unpaired) electrons. The van der Waals surface area contributed by atoms with Gasteiger partial charge in [-0.3, -0.25) is 14.9 Å². The van der Waals surface area contributed by atoms with E-state index in [-0.39, 0.29) is 18.8 Å². The van der Waals surface area contributed by atoms with E-state index in [1.54, 1.807) is 30.6 Å². The first-order chi connectivity index (χ1) is 12.4. The van der Waals surface area contributed by atoms with Crippen LogP contribution in [0.1, 0.15) is 46.0 Å². The monoisotopic (exact) mass is 373 g/mol. The van der Waals surface area contributed by atoms with Gasteiger partial charge in [-0.25, -0.2) is 0 Å². The van der Waals surface area contributed by atoms with Crippen molar-refractivity contribution in [1.82, 2.24) is 0 Å². The number of hydrogen-bond acceptors (Lipinski definition) is 6. The number of nitrogens with two attached hydrogens (primary N) is 2. The molecule has 1 fully saturated rings. The lowest BCUT2D eigenvalue weighted by Crippen LogP contribution is -2.84. The van der Waals surface area contributed by atoms with Crippen molar-refractivity contribution in [3.8, 4) is 0 Å². The zero-order chi connectivity index (χ0) is 19.9. The number of rotatable bonds is 10. The van der Waals surface area contributed by atoms with E-state index >= 15 is 0 Å². The van der Waals surface area contributed by atoms with Gasteiger partial charge in [-0.05, 0) is 25.5 Å². The van der Waals surface area contributed by atoms with E-state index in [1.807, 2.05) is 0 Å². The lowest BCUT2D eigenvalue weighted by atomic mass is 10.2. The van der Waals surface area contributed by atoms with Crippen LogP contribution in [0.25, 0.3) is 0 Å². The SMILES string of the molecule is CCCCCC(=O)OC[C@H]1OC([NH2+]/C=C\C=C(/C)C(N)=O)C[C@@H]1O.CO. The molecule has 1 aliphatic heterocycles. The Morgan fingerprint density at radius 3 is 2.65 bits per heavy atom. The Morgan fingerprint density at radius 2 is 2.04 bits per heavy atom. The number of carbonyl (C=O) groups excluding carboxylic acids is 2. The van der Waals surface area contributed by atoms with Crippen LogP contribution in [0.5, 0.6) is 0 Å². The summed E-state index contributed by atoms with van der Waals surface area (Å²) < 4.78 is 10.8. The van der Waals surface area contributed by atoms with Crippen LogP contribution in [0.15, 0.2) is 23.9 Å². The number of esters is 1. The zero-order valence-corrected chi connectivity index (χ0v) is 15.9. The largest absolute Gasteiger partial charge is 0.463 e. The number of allylic oxidation sites excluding steroid dienone is 2. The third-order valence-corrected chi connectivity index (χ3v) is 3.82. The summed E-state index contributed by atoms with van der Waals surface area (Å²) in [4.78, 5) is 22.4. The second-order valence-electron chi connectivity index (χ2n) is 5.95. The summed E-state index contributed by atoms with van der Waals surface area (Å²) in [7, 11) is 1.00. The van der Waals surface area contributed by atoms with E-state index in [1.165, 1.54) is 0 Å². The summed E-state index contributed by atoms with van der Waals surface area (Å²) in [6, 6.07) is 0. The number of aliphatic hydroxyl groups excluding tert-OH is 2. The third-order valence-electron chi connectivity index (χ3n) is 3.82. The molecule has 1 amide bonds. The number of primary amides is 1. The van der Waals surface area contributed by atoms with Crippen LogP contribution in [-0.2, 0) is 19.1 Å². The van der Waals surface area contributed by atoms with Crippen LogP contribution in [0.2, 0.25) is 0 Å². The normalized spacial score (nSPS) is 22.8. The minimum atomic E-state index is -0.661. The summed E-state index contributed by atoms with van der Waals surface area (Å²) in [6.07, 6.45) is 7.36. The van der Waals surface area contributed by atoms with Crippen molar-refractivity contribution in [3.05, 3.63) is 23.9 Å². The van der Waals surface area contributed by atoms with Gasteiger partial charge in [0, 0.05) is 19.1 Å². The Kier molecular flexibility index (Phi) is 13.5. The van der Waals surface area contributed by atoms with E-state index < -0.39 is 18.1 Å². The van der Waals surface area contributed by atoms with E-state index in [0.717, 1.165) is 26.4 Å². The van der Waals surface area contributed by atoms with Gasteiger partial charge >= 0.3 is 5.97 Å². The molecule has 3 atom stereocenters. The highest BCUT2D eigenvalue weighted by molar-refractivity contribution is 5.91. The molecule has 8 heteroatoms. The fraction of sp³-hybridized carbons (Fsp3) is 0.667. The molecule has 1 rings (SSSR count). The number of hydrogen-bond donors (Lipinski definition) is 4. The average Bonchev–Trinajstić information content (AvgIpc) is 2.98. The first-order valence-corrected chi connectivity index (χ1v) is 8.86. The maximum absolute atomic E-state index is 11.6. The third kappa shape index (κ3) is 10.3. The first kappa shape index (κ1) is 24.3. The molecule has 1 unspecified atom stereocenters. The van der Waals surface area contributed by atoms with Gasteiger partial charge in [-0.15, -0.1) is 0 Å². The molecule has 150 valence electrons. The number of aliphatic hydroxyl groups is 2. The van der Waals surface area contributed by atoms with Gasteiger partial charge < -0.3 is 25.4 Å². The quantitative estimate of drug-likeness (QED) is 0.180. The molecule has 0 aromatic rings. The molecule has 0 aromatic carbocycles. The van der Waals surface area contributed by atoms with Crippen molar-refractivity contribution in [2.45, 2.75) is 64.4 Å². The molecule has 8 nitrogen and oxygen atoms in total. The lowest BCUT2D eigenvalue weighted by molar-refractivity contribution is -0.667. The maximum atomic E-state index is 11.6. The summed E-state index contributed by atoms with van der Waals surface area (Å²) in [5.41, 5.74) is 5.58. The number of carbonyl (C=O) groups is 2. The number of quaternary nitrogens is 1. The maximum Gasteiger partial charge on any atom is 0.305 e. The standard InChI is InChI=1S/C17H28N2O5.CH4O/c1-3-4-5-8-16(21)23-11-14-13(20)10-15(24-14)19-9-6-7-12(2)17(18)22;1-2/h6-7,9,13-15,19-20H,3-5,8,10-11H2,1-2H3,(H2,18,22);2H,1H3/p+1/b9-6-,12-7+;/t13-,14+,15?;/m0./s1. The number of amides is 1. The molecule has 0 aromatic heterocycles. The smallest absolute Gasteiger partial charge is 0.305 e. The number of unbranched alkanes of at least 4 members (excludes halogenated alkanes) is 2. The summed E-state index contributed by atoms with van der Waals surface area (Å²) in [5.74, 6) is -0.716. The molecular weight excluding hydrogens is 340 g/mol. The molecule has 6 N–H and O–H groups in total. The molecular formula is C18H33N2O6+. The minimum absolute atomic E-state index is 0.0703. The van der Waals surface area contributed by atoms with Crippen molar-refractivity contribution >= 4 is 11.9 Å². The van der Waals surface area contributed by atoms with Crippen LogP contribution >= 0.6 is 0 Å². The van der Waals surface area contributed by atoms with Crippen molar-refractivity contribution in [2.75, 3.05) is 13.7 Å². The number of ether oxygens (including phenoxy) is 2. The van der Waals surface area contributed by atoms with Gasteiger partial charge in [0.2, 0.25) is 5.91 Å². The van der Waals surface area contributed by atoms with Crippen LogP contribution in [0, 0.1) is 0 Å². The van der Waals surface area contributed by atoms with Gasteiger partial charge in [0.1, 0.15) is 12.7 Å². The average molecular weight is 373 g/mol. The predicted molar refractivity (Wildman–Crippen MR) is 96.5 cm³/mol. The Balaban J connectivity index is 0.00000301. The van der Waals surface area contributed by atoms with Crippen molar-refractivity contribution in [3.63, 3.8) is 0 Å². The van der Waals surface area contributed by atoms with Gasteiger partial charge in [0.05, 0.1) is 18.7 Å². The van der Waals surface area contributed by atoms with Gasteiger partial charge in [0.15, 0.2) is 6.23 Å². The van der Waals surface area contributed by atoms with Crippen molar-refractivity contribution < 1.29 is 34.6 Å². The molecule has 0 saturated carbocycles. The summed E-state index contributed by atoms with van der Waals surface area (Å²) >= 11 is 0. The Bertz CT molecular complexity index is 478. The van der Waals surface area contributed by atoms with E-state index in [4.69, 9.17) is 20.3 Å². The molecule has 1 saturated heterocycles. The highest BCUT2D eigenvalue weighted by atomic mass is 16.6. The molecule has 1 heterocycles. The second kappa shape index (κ2) is 14.4. The lowest BCUT2D eigenvalue weighted by Gasteiger charge is -2.13. The van der Waals surface area contributed by atoms with Gasteiger partial charge in [-0.1, -0.05) is 19.8 Å². The molecule has 26 heavy (non-hydrogen) atoms. The Morgan fingerprint density at radius 1 is 1.35 bits per heavy atom. The molecule has 0 aliphatic carbocycles. The predicted octanol–water partition coefficient (Wildman–Crippen LogP) is -0.297. The van der Waals surface area contributed by atoms with Gasteiger partial charge in [-0.2, -0.15) is 0 Å². The minimum Gasteiger partial charge on any atom is -0.463 e. The van der Waals surface area contributed by atoms with Gasteiger partial charge in [0.25, 0.3) is 0 Å². The van der Waals surface area contributed by atoms with E-state index in [2.05, 4.69) is 6.92 Å². The molecule has 0 bridgehead atoms. The fourth-order valence-electron chi connectivity index (χ4n) is 2.27. The summed E-state index contributed by atoms with van der Waals surface area (Å²) in [5, 5.41) is 18.8. The van der Waals surface area contributed by atoms with E-state index in [9.17, 15) is 14.7 Å². The van der Waals surface area contributed by atoms with Crippen LogP contribution in [0.4, 0.5) is 0 Å². The Hall–Kier alpha value is -1.74. The summed E-state index contributed by atoms with van der Waals surface area (Å²) in [6.45, 7) is 3.78. The topological polar surface area (TPSA) is 136 Å². The van der Waals surface area contributed by atoms with Crippen molar-refractivity contribution in [2.24, 2.45) is 5.73 Å². The first-order valence-electron chi connectivity index (χ1n) is 8.86. The van der Waals surface area contributed by atoms with E-state index in [0.29, 0.717) is 18.4 Å². The highest BCUT2D eigenvalue weighted by Gasteiger charge is 2.36. The van der Waals surface area contributed by atoms with Crippen molar-refractivity contribution in [1.29, 1.82) is 0 Å². The molecule has 1 aliphatic rings. The van der Waals surface area contributed by atoms with Crippen LogP contribution < -0.4 is 11.1 Å². The second-order valence-corrected chi connectivity index (χ2v) is 5.95. The Labute approximate surface area is 155 Å².